The minimum atomic E-state index is -0.0991. The molecule has 1 amide bonds. The largest absolute Gasteiger partial charge is 0.398 e. The summed E-state index contributed by atoms with van der Waals surface area (Å²) in [5.41, 5.74) is 6.88. The molecule has 1 heterocycles. The van der Waals surface area contributed by atoms with Crippen molar-refractivity contribution >= 4 is 23.4 Å². The summed E-state index contributed by atoms with van der Waals surface area (Å²) in [5, 5.41) is 3.01. The van der Waals surface area contributed by atoms with Gasteiger partial charge in [0.25, 0.3) is 5.91 Å². The Balaban J connectivity index is 1.98. The van der Waals surface area contributed by atoms with E-state index in [1.807, 2.05) is 23.9 Å². The smallest absolute Gasteiger partial charge is 0.253 e. The third-order valence-electron chi connectivity index (χ3n) is 3.61. The lowest BCUT2D eigenvalue weighted by molar-refractivity contribution is 0.0742. The summed E-state index contributed by atoms with van der Waals surface area (Å²) in [5.74, 6) is -0.0991. The van der Waals surface area contributed by atoms with Crippen LogP contribution in [0.15, 0.2) is 24.3 Å². The van der Waals surface area contributed by atoms with Crippen molar-refractivity contribution in [2.24, 2.45) is 0 Å². The van der Waals surface area contributed by atoms with E-state index in [0.29, 0.717) is 17.8 Å². The number of thioether (sulfide) groups is 1. The van der Waals surface area contributed by atoms with Gasteiger partial charge in [0.15, 0.2) is 0 Å². The van der Waals surface area contributed by atoms with Gasteiger partial charge < -0.3 is 15.8 Å². The van der Waals surface area contributed by atoms with E-state index >= 15 is 0 Å². The number of ether oxygens (including phenoxy) is 1. The van der Waals surface area contributed by atoms with Gasteiger partial charge in [-0.25, -0.2) is 0 Å². The summed E-state index contributed by atoms with van der Waals surface area (Å²) in [6, 6.07) is 7.14. The maximum absolute atomic E-state index is 12.1. The number of benzene rings is 1. The van der Waals surface area contributed by atoms with E-state index in [1.165, 1.54) is 0 Å². The van der Waals surface area contributed by atoms with Crippen LogP contribution in [-0.2, 0) is 4.74 Å². The Labute approximate surface area is 118 Å². The van der Waals surface area contributed by atoms with Gasteiger partial charge in [-0.1, -0.05) is 12.1 Å². The minimum Gasteiger partial charge on any atom is -0.398 e. The van der Waals surface area contributed by atoms with Gasteiger partial charge in [-0.05, 0) is 31.2 Å². The fraction of sp³-hybridized carbons (Fsp3) is 0.500. The number of nitrogen functional groups attached to an aromatic ring is 1. The molecule has 0 atom stereocenters. The number of para-hydroxylation sites is 1. The molecule has 0 spiro atoms. The first-order valence-corrected chi connectivity index (χ1v) is 7.65. The molecule has 0 saturated carbocycles. The second kappa shape index (κ2) is 6.30. The number of carbonyl (C=O) groups is 1. The van der Waals surface area contributed by atoms with Crippen LogP contribution < -0.4 is 11.1 Å². The Kier molecular flexibility index (Phi) is 4.71. The summed E-state index contributed by atoms with van der Waals surface area (Å²) in [7, 11) is 0. The van der Waals surface area contributed by atoms with Crippen molar-refractivity contribution in [2.75, 3.05) is 31.7 Å². The van der Waals surface area contributed by atoms with Gasteiger partial charge in [0.05, 0.1) is 5.56 Å². The zero-order valence-electron chi connectivity index (χ0n) is 11.1. The molecule has 19 heavy (non-hydrogen) atoms. The lowest BCUT2D eigenvalue weighted by Gasteiger charge is -2.35. The summed E-state index contributed by atoms with van der Waals surface area (Å²) < 4.78 is 5.49. The third kappa shape index (κ3) is 3.42. The van der Waals surface area contributed by atoms with Crippen LogP contribution in [0.5, 0.6) is 0 Å². The maximum atomic E-state index is 12.1. The second-order valence-electron chi connectivity index (χ2n) is 4.77. The van der Waals surface area contributed by atoms with Crippen molar-refractivity contribution in [3.8, 4) is 0 Å². The van der Waals surface area contributed by atoms with Gasteiger partial charge in [-0.3, -0.25) is 4.79 Å². The molecule has 1 aliphatic heterocycles. The molecular formula is C14H20N2O2S. The van der Waals surface area contributed by atoms with Crippen LogP contribution in [0.3, 0.4) is 0 Å². The lowest BCUT2D eigenvalue weighted by Crippen LogP contribution is -2.44. The average molecular weight is 280 g/mol. The monoisotopic (exact) mass is 280 g/mol. The van der Waals surface area contributed by atoms with Crippen LogP contribution in [0.1, 0.15) is 23.2 Å². The van der Waals surface area contributed by atoms with Crippen LogP contribution in [0.2, 0.25) is 0 Å². The number of hydrogen-bond donors (Lipinski definition) is 2. The summed E-state index contributed by atoms with van der Waals surface area (Å²) in [4.78, 5) is 12.1. The van der Waals surface area contributed by atoms with Gasteiger partial charge in [0, 0.05) is 30.2 Å². The molecule has 0 aliphatic carbocycles. The van der Waals surface area contributed by atoms with E-state index in [4.69, 9.17) is 10.5 Å². The van der Waals surface area contributed by atoms with Gasteiger partial charge in [-0.2, -0.15) is 11.8 Å². The number of hydrogen-bond acceptors (Lipinski definition) is 4. The molecular weight excluding hydrogens is 260 g/mol. The molecule has 1 aliphatic rings. The zero-order chi connectivity index (χ0) is 13.7. The van der Waals surface area contributed by atoms with Gasteiger partial charge in [0.1, 0.15) is 0 Å². The van der Waals surface area contributed by atoms with Crippen molar-refractivity contribution in [1.29, 1.82) is 0 Å². The number of nitrogens with one attached hydrogen (secondary N) is 1. The summed E-state index contributed by atoms with van der Waals surface area (Å²) >= 11 is 1.81. The van der Waals surface area contributed by atoms with Crippen molar-refractivity contribution in [2.45, 2.75) is 17.6 Å². The predicted molar refractivity (Wildman–Crippen MR) is 79.5 cm³/mol. The van der Waals surface area contributed by atoms with E-state index in [0.717, 1.165) is 26.1 Å². The summed E-state index contributed by atoms with van der Waals surface area (Å²) in [6.45, 7) is 2.19. The van der Waals surface area contributed by atoms with Crippen molar-refractivity contribution in [1.82, 2.24) is 5.32 Å². The molecule has 0 bridgehead atoms. The highest BCUT2D eigenvalue weighted by atomic mass is 32.2. The van der Waals surface area contributed by atoms with Crippen LogP contribution in [-0.4, -0.2) is 36.7 Å². The van der Waals surface area contributed by atoms with Crippen molar-refractivity contribution in [3.63, 3.8) is 0 Å². The van der Waals surface area contributed by atoms with E-state index in [1.54, 1.807) is 12.1 Å². The Morgan fingerprint density at radius 3 is 2.74 bits per heavy atom. The number of nitrogens with two attached hydrogens (primary N) is 1. The van der Waals surface area contributed by atoms with Crippen LogP contribution >= 0.6 is 11.8 Å². The molecule has 1 aromatic carbocycles. The second-order valence-corrected chi connectivity index (χ2v) is 6.04. The predicted octanol–water partition coefficient (Wildman–Crippen LogP) is 1.91. The van der Waals surface area contributed by atoms with Crippen LogP contribution in [0, 0.1) is 0 Å². The number of amides is 1. The minimum absolute atomic E-state index is 0.0947. The molecule has 0 aromatic heterocycles. The molecule has 1 saturated heterocycles. The first-order chi connectivity index (χ1) is 9.17. The number of anilines is 1. The van der Waals surface area contributed by atoms with E-state index in [9.17, 15) is 4.79 Å². The van der Waals surface area contributed by atoms with Gasteiger partial charge in [-0.15, -0.1) is 0 Å². The molecule has 0 radical (unpaired) electrons. The molecule has 104 valence electrons. The molecule has 1 fully saturated rings. The van der Waals surface area contributed by atoms with E-state index in [-0.39, 0.29) is 10.7 Å². The molecule has 2 rings (SSSR count). The molecule has 5 heteroatoms. The maximum Gasteiger partial charge on any atom is 0.253 e. The van der Waals surface area contributed by atoms with Crippen LogP contribution in [0.4, 0.5) is 5.69 Å². The third-order valence-corrected chi connectivity index (χ3v) is 5.03. The first kappa shape index (κ1) is 14.2. The Morgan fingerprint density at radius 2 is 2.11 bits per heavy atom. The highest BCUT2D eigenvalue weighted by molar-refractivity contribution is 8.00. The van der Waals surface area contributed by atoms with Gasteiger partial charge >= 0.3 is 0 Å². The fourth-order valence-corrected chi connectivity index (χ4v) is 3.03. The fourth-order valence-electron chi connectivity index (χ4n) is 2.24. The standard InChI is InChI=1S/C14H20N2O2S/c1-19-14(6-8-18-9-7-14)10-16-13(17)11-4-2-3-5-12(11)15/h2-5H,6-10,15H2,1H3,(H,16,17). The molecule has 4 nitrogen and oxygen atoms in total. The Hall–Kier alpha value is -1.20. The van der Waals surface area contributed by atoms with Gasteiger partial charge in [0.2, 0.25) is 0 Å². The van der Waals surface area contributed by atoms with Crippen molar-refractivity contribution in [3.05, 3.63) is 29.8 Å². The lowest BCUT2D eigenvalue weighted by atomic mass is 9.99. The summed E-state index contributed by atoms with van der Waals surface area (Å²) in [6.07, 6.45) is 4.03. The van der Waals surface area contributed by atoms with Crippen LogP contribution in [0.25, 0.3) is 0 Å². The highest BCUT2D eigenvalue weighted by Gasteiger charge is 2.32. The SMILES string of the molecule is CSC1(CNC(=O)c2ccccc2N)CCOCC1. The molecule has 3 N–H and O–H groups in total. The number of rotatable bonds is 4. The quantitative estimate of drug-likeness (QED) is 0.827. The Morgan fingerprint density at radius 1 is 1.42 bits per heavy atom. The first-order valence-electron chi connectivity index (χ1n) is 6.42. The van der Waals surface area contributed by atoms with Crippen molar-refractivity contribution < 1.29 is 9.53 Å². The normalized spacial score (nSPS) is 17.9. The van der Waals surface area contributed by atoms with E-state index < -0.39 is 0 Å². The zero-order valence-corrected chi connectivity index (χ0v) is 12.0. The Bertz CT molecular complexity index is 445. The number of carbonyl (C=O) groups excluding carboxylic acids is 1. The average Bonchev–Trinajstić information content (AvgIpc) is 2.46. The highest BCUT2D eigenvalue weighted by Crippen LogP contribution is 2.33. The molecule has 1 aromatic rings. The molecule has 0 unspecified atom stereocenters. The topological polar surface area (TPSA) is 64.4 Å². The van der Waals surface area contributed by atoms with E-state index in [2.05, 4.69) is 11.6 Å².